The summed E-state index contributed by atoms with van der Waals surface area (Å²) in [6, 6.07) is 9.24. The third-order valence-corrected chi connectivity index (χ3v) is 3.21. The van der Waals surface area contributed by atoms with Crippen LogP contribution in [-0.4, -0.2) is 44.1 Å². The Kier molecular flexibility index (Phi) is 7.76. The Bertz CT molecular complexity index is 457. The molecule has 5 heteroatoms. The summed E-state index contributed by atoms with van der Waals surface area (Å²) in [4.78, 5) is 0. The predicted molar refractivity (Wildman–Crippen MR) is 81.2 cm³/mol. The predicted octanol–water partition coefficient (Wildman–Crippen LogP) is 1.56. The van der Waals surface area contributed by atoms with Gasteiger partial charge in [0, 0.05) is 19.7 Å². The average molecular weight is 292 g/mol. The Morgan fingerprint density at radius 1 is 1.29 bits per heavy atom. The lowest BCUT2D eigenvalue weighted by Gasteiger charge is -2.23. The van der Waals surface area contributed by atoms with Gasteiger partial charge in [-0.1, -0.05) is 26.0 Å². The molecule has 0 bridgehead atoms. The van der Waals surface area contributed by atoms with E-state index in [-0.39, 0.29) is 12.6 Å². The van der Waals surface area contributed by atoms with Gasteiger partial charge < -0.3 is 19.9 Å². The van der Waals surface area contributed by atoms with Crippen molar-refractivity contribution in [1.29, 1.82) is 5.26 Å². The van der Waals surface area contributed by atoms with Crippen LogP contribution in [0.15, 0.2) is 24.3 Å². The van der Waals surface area contributed by atoms with E-state index in [9.17, 15) is 5.11 Å². The second-order valence-electron chi connectivity index (χ2n) is 5.29. The highest BCUT2D eigenvalue weighted by Gasteiger charge is 2.15. The third kappa shape index (κ3) is 6.13. The highest BCUT2D eigenvalue weighted by atomic mass is 16.5. The maximum atomic E-state index is 9.96. The van der Waals surface area contributed by atoms with Crippen molar-refractivity contribution in [2.75, 3.05) is 26.9 Å². The van der Waals surface area contributed by atoms with E-state index in [1.54, 1.807) is 31.4 Å². The van der Waals surface area contributed by atoms with Crippen molar-refractivity contribution in [2.45, 2.75) is 26.0 Å². The van der Waals surface area contributed by atoms with Crippen LogP contribution in [0.4, 0.5) is 0 Å². The number of aliphatic hydroxyl groups is 1. The first-order valence-electron chi connectivity index (χ1n) is 7.10. The van der Waals surface area contributed by atoms with Crippen LogP contribution < -0.4 is 10.1 Å². The molecule has 0 aliphatic heterocycles. The minimum absolute atomic E-state index is 0.142. The third-order valence-electron chi connectivity index (χ3n) is 3.21. The molecule has 116 valence electrons. The molecular weight excluding hydrogens is 268 g/mol. The summed E-state index contributed by atoms with van der Waals surface area (Å²) < 4.78 is 10.6. The SMILES string of the molecule is COCC(NCC(O)COc1ccccc1C#N)C(C)C. The molecule has 2 atom stereocenters. The monoisotopic (exact) mass is 292 g/mol. The van der Waals surface area contributed by atoms with Crippen LogP contribution >= 0.6 is 0 Å². The fourth-order valence-corrected chi connectivity index (χ4v) is 1.88. The van der Waals surface area contributed by atoms with E-state index >= 15 is 0 Å². The van der Waals surface area contributed by atoms with Crippen LogP contribution in [0.5, 0.6) is 5.75 Å². The van der Waals surface area contributed by atoms with Gasteiger partial charge in [-0.05, 0) is 18.1 Å². The lowest BCUT2D eigenvalue weighted by molar-refractivity contribution is 0.0900. The van der Waals surface area contributed by atoms with Crippen LogP contribution in [-0.2, 0) is 4.74 Å². The lowest BCUT2D eigenvalue weighted by Crippen LogP contribution is -2.43. The Morgan fingerprint density at radius 3 is 2.62 bits per heavy atom. The fourth-order valence-electron chi connectivity index (χ4n) is 1.88. The number of hydrogen-bond acceptors (Lipinski definition) is 5. The first-order chi connectivity index (χ1) is 10.1. The van der Waals surface area contributed by atoms with Crippen LogP contribution in [0.3, 0.4) is 0 Å². The van der Waals surface area contributed by atoms with E-state index in [1.807, 2.05) is 0 Å². The van der Waals surface area contributed by atoms with E-state index < -0.39 is 6.10 Å². The summed E-state index contributed by atoms with van der Waals surface area (Å²) in [6.07, 6.45) is -0.644. The average Bonchev–Trinajstić information content (AvgIpc) is 2.49. The molecule has 21 heavy (non-hydrogen) atoms. The number of methoxy groups -OCH3 is 1. The van der Waals surface area contributed by atoms with Gasteiger partial charge in [0.2, 0.25) is 0 Å². The Morgan fingerprint density at radius 2 is 2.00 bits per heavy atom. The molecule has 0 heterocycles. The summed E-state index contributed by atoms with van der Waals surface area (Å²) in [7, 11) is 1.66. The Labute approximate surface area is 126 Å². The maximum absolute atomic E-state index is 9.96. The topological polar surface area (TPSA) is 74.5 Å². The van der Waals surface area contributed by atoms with Crippen LogP contribution in [0.2, 0.25) is 0 Å². The van der Waals surface area contributed by atoms with Crippen LogP contribution in [0, 0.1) is 17.2 Å². The highest BCUT2D eigenvalue weighted by Crippen LogP contribution is 2.16. The molecule has 1 aromatic carbocycles. The van der Waals surface area contributed by atoms with Gasteiger partial charge in [-0.25, -0.2) is 0 Å². The number of nitrogens with zero attached hydrogens (tertiary/aromatic N) is 1. The van der Waals surface area contributed by atoms with Crippen molar-refractivity contribution in [3.63, 3.8) is 0 Å². The summed E-state index contributed by atoms with van der Waals surface area (Å²) in [5.74, 6) is 0.911. The van der Waals surface area contributed by atoms with Gasteiger partial charge in [0.25, 0.3) is 0 Å². The molecule has 0 saturated heterocycles. The van der Waals surface area contributed by atoms with E-state index in [0.29, 0.717) is 30.4 Å². The summed E-state index contributed by atoms with van der Waals surface area (Å²) in [5.41, 5.74) is 0.470. The van der Waals surface area contributed by atoms with Crippen molar-refractivity contribution in [3.8, 4) is 11.8 Å². The number of hydrogen-bond donors (Lipinski definition) is 2. The molecular formula is C16H24N2O3. The number of nitrogens with one attached hydrogen (secondary N) is 1. The second-order valence-corrected chi connectivity index (χ2v) is 5.29. The quantitative estimate of drug-likeness (QED) is 0.722. The molecule has 0 aliphatic carbocycles. The number of para-hydroxylation sites is 1. The zero-order chi connectivity index (χ0) is 15.7. The van der Waals surface area contributed by atoms with Gasteiger partial charge >= 0.3 is 0 Å². The summed E-state index contributed by atoms with van der Waals surface area (Å²) >= 11 is 0. The lowest BCUT2D eigenvalue weighted by atomic mass is 10.1. The number of benzene rings is 1. The summed E-state index contributed by atoms with van der Waals surface area (Å²) in [5, 5.41) is 22.2. The van der Waals surface area contributed by atoms with Gasteiger partial charge in [0.15, 0.2) is 0 Å². The smallest absolute Gasteiger partial charge is 0.137 e. The fraction of sp³-hybridized carbons (Fsp3) is 0.562. The van der Waals surface area contributed by atoms with Crippen molar-refractivity contribution >= 4 is 0 Å². The van der Waals surface area contributed by atoms with Crippen molar-refractivity contribution in [1.82, 2.24) is 5.32 Å². The number of aliphatic hydroxyl groups excluding tert-OH is 1. The molecule has 1 rings (SSSR count). The molecule has 5 nitrogen and oxygen atoms in total. The van der Waals surface area contributed by atoms with Gasteiger partial charge in [0.05, 0.1) is 12.2 Å². The van der Waals surface area contributed by atoms with Crippen LogP contribution in [0.25, 0.3) is 0 Å². The largest absolute Gasteiger partial charge is 0.489 e. The van der Waals surface area contributed by atoms with Gasteiger partial charge in [-0.3, -0.25) is 0 Å². The molecule has 0 aromatic heterocycles. The van der Waals surface area contributed by atoms with Gasteiger partial charge in [0.1, 0.15) is 24.5 Å². The van der Waals surface area contributed by atoms with Crippen molar-refractivity contribution < 1.29 is 14.6 Å². The van der Waals surface area contributed by atoms with E-state index in [0.717, 1.165) is 0 Å². The molecule has 0 saturated carbocycles. The molecule has 2 N–H and O–H groups in total. The second kappa shape index (κ2) is 9.35. The zero-order valence-corrected chi connectivity index (χ0v) is 12.9. The summed E-state index contributed by atoms with van der Waals surface area (Å²) in [6.45, 7) is 5.36. The van der Waals surface area contributed by atoms with E-state index in [4.69, 9.17) is 14.7 Å². The minimum atomic E-state index is -0.644. The maximum Gasteiger partial charge on any atom is 0.137 e. The molecule has 0 aliphatic rings. The van der Waals surface area contributed by atoms with E-state index in [1.165, 1.54) is 0 Å². The Hall–Kier alpha value is -1.61. The molecule has 0 amide bonds. The molecule has 1 aromatic rings. The van der Waals surface area contributed by atoms with Crippen LogP contribution in [0.1, 0.15) is 19.4 Å². The molecule has 0 radical (unpaired) electrons. The highest BCUT2D eigenvalue weighted by molar-refractivity contribution is 5.42. The van der Waals surface area contributed by atoms with Crippen molar-refractivity contribution in [3.05, 3.63) is 29.8 Å². The first-order valence-corrected chi connectivity index (χ1v) is 7.10. The number of rotatable bonds is 9. The molecule has 2 unspecified atom stereocenters. The van der Waals surface area contributed by atoms with Gasteiger partial charge in [-0.15, -0.1) is 0 Å². The number of ether oxygens (including phenoxy) is 2. The van der Waals surface area contributed by atoms with E-state index in [2.05, 4.69) is 25.2 Å². The first kappa shape index (κ1) is 17.4. The molecule has 0 fully saturated rings. The molecule has 0 spiro atoms. The zero-order valence-electron chi connectivity index (χ0n) is 12.9. The van der Waals surface area contributed by atoms with Gasteiger partial charge in [-0.2, -0.15) is 5.26 Å². The Balaban J connectivity index is 2.40. The minimum Gasteiger partial charge on any atom is -0.489 e. The standard InChI is InChI=1S/C16H24N2O3/c1-12(2)15(11-20-3)18-9-14(19)10-21-16-7-5-4-6-13(16)8-17/h4-7,12,14-15,18-19H,9-11H2,1-3H3. The number of nitriles is 1. The van der Waals surface area contributed by atoms with Crippen molar-refractivity contribution in [2.24, 2.45) is 5.92 Å². The normalized spacial score (nSPS) is 13.7.